The zero-order chi connectivity index (χ0) is 18.6. The molecule has 0 aromatic heterocycles. The van der Waals surface area contributed by atoms with E-state index in [2.05, 4.69) is 34.7 Å². The molecule has 5 nitrogen and oxygen atoms in total. The summed E-state index contributed by atoms with van der Waals surface area (Å²) < 4.78 is 5.18. The van der Waals surface area contributed by atoms with Gasteiger partial charge in [0, 0.05) is 13.1 Å². The minimum atomic E-state index is 0. The van der Waals surface area contributed by atoms with Crippen molar-refractivity contribution < 1.29 is 9.84 Å². The molecule has 0 spiro atoms. The van der Waals surface area contributed by atoms with Crippen molar-refractivity contribution in [3.63, 3.8) is 0 Å². The van der Waals surface area contributed by atoms with Crippen LogP contribution in [0.5, 0.6) is 11.5 Å². The van der Waals surface area contributed by atoms with Gasteiger partial charge in [0.05, 0.1) is 13.7 Å². The van der Waals surface area contributed by atoms with Gasteiger partial charge in [0.15, 0.2) is 5.96 Å². The maximum atomic E-state index is 9.52. The summed E-state index contributed by atoms with van der Waals surface area (Å²) in [6.45, 7) is 4.28. The largest absolute Gasteiger partial charge is 0.508 e. The van der Waals surface area contributed by atoms with Gasteiger partial charge in [-0.2, -0.15) is 0 Å². The Morgan fingerprint density at radius 2 is 1.81 bits per heavy atom. The maximum Gasteiger partial charge on any atom is 0.191 e. The SMILES string of the molecule is CCNC(=NCc1cccc(O)c1)NCCCCc1ccc(OC)cc1.I. The second-order valence-electron chi connectivity index (χ2n) is 6.10. The zero-order valence-corrected chi connectivity index (χ0v) is 18.4. The molecule has 0 amide bonds. The van der Waals surface area contributed by atoms with Crippen molar-refractivity contribution in [2.45, 2.75) is 32.7 Å². The van der Waals surface area contributed by atoms with E-state index in [4.69, 9.17) is 4.74 Å². The molecule has 0 fully saturated rings. The average molecular weight is 483 g/mol. The minimum Gasteiger partial charge on any atom is -0.508 e. The van der Waals surface area contributed by atoms with Gasteiger partial charge in [-0.15, -0.1) is 24.0 Å². The van der Waals surface area contributed by atoms with Crippen LogP contribution in [-0.4, -0.2) is 31.3 Å². The number of nitrogens with zero attached hydrogens (tertiary/aromatic N) is 1. The number of methoxy groups -OCH3 is 1. The summed E-state index contributed by atoms with van der Waals surface area (Å²) in [6, 6.07) is 15.4. The standard InChI is InChI=1S/C21H29N3O2.HI/c1-3-22-21(24-16-18-8-6-9-19(25)15-18)23-14-5-4-7-17-10-12-20(26-2)13-11-17;/h6,8-13,15,25H,3-5,7,14,16H2,1-2H3,(H2,22,23,24);1H. The summed E-state index contributed by atoms with van der Waals surface area (Å²) in [5, 5.41) is 16.1. The lowest BCUT2D eigenvalue weighted by atomic mass is 10.1. The Balaban J connectivity index is 0.00000364. The summed E-state index contributed by atoms with van der Waals surface area (Å²) in [5.41, 5.74) is 2.32. The Labute approximate surface area is 179 Å². The van der Waals surface area contributed by atoms with Gasteiger partial charge in [-0.05, 0) is 61.6 Å². The number of phenols is 1. The first-order valence-electron chi connectivity index (χ1n) is 9.14. The van der Waals surface area contributed by atoms with E-state index in [1.165, 1.54) is 5.56 Å². The van der Waals surface area contributed by atoms with E-state index in [1.54, 1.807) is 19.2 Å². The van der Waals surface area contributed by atoms with Crippen LogP contribution in [0.15, 0.2) is 53.5 Å². The van der Waals surface area contributed by atoms with Gasteiger partial charge < -0.3 is 20.5 Å². The van der Waals surface area contributed by atoms with Gasteiger partial charge >= 0.3 is 0 Å². The number of phenolic OH excluding ortho intramolecular Hbond substituents is 1. The Hall–Kier alpha value is -1.96. The number of ether oxygens (including phenoxy) is 1. The van der Waals surface area contributed by atoms with Crippen molar-refractivity contribution in [2.24, 2.45) is 4.99 Å². The van der Waals surface area contributed by atoms with Crippen LogP contribution >= 0.6 is 24.0 Å². The van der Waals surface area contributed by atoms with Crippen molar-refractivity contribution in [3.8, 4) is 11.5 Å². The second kappa shape index (κ2) is 13.2. The summed E-state index contributed by atoms with van der Waals surface area (Å²) in [4.78, 5) is 4.57. The minimum absolute atomic E-state index is 0. The van der Waals surface area contributed by atoms with Crippen LogP contribution in [0.1, 0.15) is 30.9 Å². The molecule has 0 bridgehead atoms. The first-order valence-corrected chi connectivity index (χ1v) is 9.14. The molecule has 0 saturated heterocycles. The molecule has 2 aromatic carbocycles. The number of hydrogen-bond donors (Lipinski definition) is 3. The highest BCUT2D eigenvalue weighted by Gasteiger charge is 1.99. The van der Waals surface area contributed by atoms with Gasteiger partial charge in [0.1, 0.15) is 11.5 Å². The third-order valence-electron chi connectivity index (χ3n) is 4.02. The molecule has 0 aliphatic heterocycles. The molecule has 0 aliphatic rings. The number of halogens is 1. The molecule has 0 atom stereocenters. The number of nitrogens with one attached hydrogen (secondary N) is 2. The van der Waals surface area contributed by atoms with Gasteiger partial charge in [-0.3, -0.25) is 0 Å². The van der Waals surface area contributed by atoms with E-state index >= 15 is 0 Å². The maximum absolute atomic E-state index is 9.52. The number of aliphatic imine (C=N–C) groups is 1. The van der Waals surface area contributed by atoms with E-state index in [1.807, 2.05) is 24.3 Å². The molecule has 0 heterocycles. The molecule has 0 saturated carbocycles. The predicted molar refractivity (Wildman–Crippen MR) is 122 cm³/mol. The van der Waals surface area contributed by atoms with E-state index < -0.39 is 0 Å². The highest BCUT2D eigenvalue weighted by molar-refractivity contribution is 14.0. The number of aryl methyl sites for hydroxylation is 1. The summed E-state index contributed by atoms with van der Waals surface area (Å²) in [6.07, 6.45) is 3.25. The first-order chi connectivity index (χ1) is 12.7. The van der Waals surface area contributed by atoms with Crippen molar-refractivity contribution in [2.75, 3.05) is 20.2 Å². The molecule has 148 valence electrons. The Morgan fingerprint density at radius 3 is 2.48 bits per heavy atom. The van der Waals surface area contributed by atoms with Crippen LogP contribution in [0.4, 0.5) is 0 Å². The normalized spacial score (nSPS) is 10.8. The predicted octanol–water partition coefficient (Wildman–Crippen LogP) is 4.10. The monoisotopic (exact) mass is 483 g/mol. The van der Waals surface area contributed by atoms with E-state index in [0.717, 1.165) is 49.6 Å². The Bertz CT molecular complexity index is 690. The molecular formula is C21H30IN3O2. The third kappa shape index (κ3) is 8.99. The number of rotatable bonds is 9. The molecule has 6 heteroatoms. The smallest absolute Gasteiger partial charge is 0.191 e. The number of guanidine groups is 1. The van der Waals surface area contributed by atoms with Crippen LogP contribution < -0.4 is 15.4 Å². The van der Waals surface area contributed by atoms with Crippen LogP contribution in [0.25, 0.3) is 0 Å². The van der Waals surface area contributed by atoms with Gasteiger partial charge in [0.2, 0.25) is 0 Å². The van der Waals surface area contributed by atoms with Crippen LogP contribution in [0.3, 0.4) is 0 Å². The fraction of sp³-hybridized carbons (Fsp3) is 0.381. The zero-order valence-electron chi connectivity index (χ0n) is 16.1. The first kappa shape index (κ1) is 23.1. The van der Waals surface area contributed by atoms with Gasteiger partial charge in [-0.25, -0.2) is 4.99 Å². The molecule has 0 aliphatic carbocycles. The van der Waals surface area contributed by atoms with Gasteiger partial charge in [0.25, 0.3) is 0 Å². The number of unbranched alkanes of at least 4 members (excludes halogenated alkanes) is 1. The molecule has 0 unspecified atom stereocenters. The highest BCUT2D eigenvalue weighted by Crippen LogP contribution is 2.13. The van der Waals surface area contributed by atoms with Crippen LogP contribution in [0, 0.1) is 0 Å². The summed E-state index contributed by atoms with van der Waals surface area (Å²) in [7, 11) is 1.69. The van der Waals surface area contributed by atoms with Gasteiger partial charge in [-0.1, -0.05) is 24.3 Å². The fourth-order valence-corrected chi connectivity index (χ4v) is 2.62. The van der Waals surface area contributed by atoms with Crippen molar-refractivity contribution >= 4 is 29.9 Å². The molecule has 27 heavy (non-hydrogen) atoms. The lowest BCUT2D eigenvalue weighted by Crippen LogP contribution is -2.37. The summed E-state index contributed by atoms with van der Waals surface area (Å²) >= 11 is 0. The number of benzene rings is 2. The van der Waals surface area contributed by atoms with Crippen molar-refractivity contribution in [1.29, 1.82) is 0 Å². The molecular weight excluding hydrogens is 453 g/mol. The molecule has 0 radical (unpaired) electrons. The lowest BCUT2D eigenvalue weighted by Gasteiger charge is -2.11. The molecule has 2 rings (SSSR count). The van der Waals surface area contributed by atoms with Crippen molar-refractivity contribution in [1.82, 2.24) is 10.6 Å². The summed E-state index contributed by atoms with van der Waals surface area (Å²) in [5.74, 6) is 1.98. The Morgan fingerprint density at radius 1 is 1.04 bits per heavy atom. The third-order valence-corrected chi connectivity index (χ3v) is 4.02. The fourth-order valence-electron chi connectivity index (χ4n) is 2.62. The van der Waals surface area contributed by atoms with E-state index in [0.29, 0.717) is 6.54 Å². The number of aromatic hydroxyl groups is 1. The average Bonchev–Trinajstić information content (AvgIpc) is 2.66. The van der Waals surface area contributed by atoms with Crippen molar-refractivity contribution in [3.05, 3.63) is 59.7 Å². The quantitative estimate of drug-likeness (QED) is 0.218. The van der Waals surface area contributed by atoms with E-state index in [-0.39, 0.29) is 29.7 Å². The molecule has 2 aromatic rings. The van der Waals surface area contributed by atoms with E-state index in [9.17, 15) is 5.11 Å². The Kier molecular flexibility index (Phi) is 11.3. The lowest BCUT2D eigenvalue weighted by molar-refractivity contribution is 0.414. The topological polar surface area (TPSA) is 65.9 Å². The second-order valence-corrected chi connectivity index (χ2v) is 6.10. The highest BCUT2D eigenvalue weighted by atomic mass is 127. The van der Waals surface area contributed by atoms with Crippen LogP contribution in [-0.2, 0) is 13.0 Å². The van der Waals surface area contributed by atoms with Crippen LogP contribution in [0.2, 0.25) is 0 Å². The number of hydrogen-bond acceptors (Lipinski definition) is 3. The molecule has 3 N–H and O–H groups in total.